The Kier molecular flexibility index (Phi) is 5.26. The Bertz CT molecular complexity index is 2050. The van der Waals surface area contributed by atoms with Crippen LogP contribution in [0.1, 0.15) is 2.85 Å². The van der Waals surface area contributed by atoms with Gasteiger partial charge < -0.3 is 32.8 Å². The minimum atomic E-state index is 0. The van der Waals surface area contributed by atoms with Crippen LogP contribution in [0.2, 0.25) is 0 Å². The Morgan fingerprint density at radius 2 is 0.585 bits per heavy atom. The third-order valence-electron chi connectivity index (χ3n) is 7.33. The molecule has 41 heavy (non-hydrogen) atoms. The summed E-state index contributed by atoms with van der Waals surface area (Å²) in [7, 11) is 0. The molecule has 4 aromatic carbocycles. The Morgan fingerprint density at radius 3 is 0.854 bits per heavy atom. The molecule has 2 aliphatic heterocycles. The number of hydrogen-bond donors (Lipinski definition) is 0. The van der Waals surface area contributed by atoms with Gasteiger partial charge in [-0.05, 0) is 21.5 Å². The first-order valence-corrected chi connectivity index (χ1v) is 12.9. The topological polar surface area (TPSA) is 106 Å². The van der Waals surface area contributed by atoms with E-state index in [2.05, 4.69) is 0 Å². The Morgan fingerprint density at radius 1 is 0.341 bits per heavy atom. The first kappa shape index (κ1) is 23.9. The van der Waals surface area contributed by atoms with Gasteiger partial charge in [0.2, 0.25) is 0 Å². The van der Waals surface area contributed by atoms with Crippen LogP contribution in [0.25, 0.3) is 89.7 Å². The predicted octanol–water partition coefficient (Wildman–Crippen LogP) is 5.97. The number of benzene rings is 4. The molecule has 9 heteroatoms. The van der Waals surface area contributed by atoms with E-state index in [0.29, 0.717) is 45.9 Å². The molecule has 5 heterocycles. The summed E-state index contributed by atoms with van der Waals surface area (Å²) in [6.07, 6.45) is 0. The van der Waals surface area contributed by atoms with Crippen molar-refractivity contribution in [1.82, 2.24) is 39.9 Å². The molecule has 0 aliphatic carbocycles. The maximum atomic E-state index is 4.95. The molecule has 2 aliphatic rings. The van der Waals surface area contributed by atoms with Gasteiger partial charge in [-0.2, -0.15) is 0 Å². The fourth-order valence-electron chi connectivity index (χ4n) is 5.46. The molecule has 0 atom stereocenters. The third-order valence-corrected chi connectivity index (χ3v) is 7.33. The van der Waals surface area contributed by atoms with Crippen molar-refractivity contribution in [3.05, 3.63) is 97.1 Å². The zero-order valence-corrected chi connectivity index (χ0v) is 24.2. The normalized spacial score (nSPS) is 11.7. The van der Waals surface area contributed by atoms with Crippen molar-refractivity contribution in [3.8, 4) is 45.6 Å². The smallest absolute Gasteiger partial charge is 1.00 e. The zero-order chi connectivity index (χ0) is 26.2. The van der Waals surface area contributed by atoms with E-state index in [1.54, 1.807) is 0 Å². The van der Waals surface area contributed by atoms with Crippen LogP contribution in [0.3, 0.4) is 0 Å². The van der Waals surface area contributed by atoms with E-state index in [1.807, 2.05) is 97.1 Å². The van der Waals surface area contributed by atoms with Crippen LogP contribution in [0, 0.1) is 0 Å². The summed E-state index contributed by atoms with van der Waals surface area (Å²) in [4.78, 5) is 39.3. The fraction of sp³-hybridized carbons (Fsp3) is 0. The summed E-state index contributed by atoms with van der Waals surface area (Å²) in [6.45, 7) is 0. The Hall–Kier alpha value is -4.96. The molecule has 7 aromatic rings. The molecule has 0 N–H and O–H groups in total. The minimum absolute atomic E-state index is 0. The van der Waals surface area contributed by atoms with Crippen molar-refractivity contribution in [3.63, 3.8) is 0 Å². The van der Waals surface area contributed by atoms with Crippen LogP contribution in [0.4, 0.5) is 0 Å². The molecule has 8 nitrogen and oxygen atoms in total. The van der Waals surface area contributed by atoms with E-state index in [-0.39, 0.29) is 26.8 Å². The molecule has 8 bridgehead atoms. The summed E-state index contributed by atoms with van der Waals surface area (Å²) in [6, 6.07) is 31.8. The van der Waals surface area contributed by atoms with Gasteiger partial charge in [0.05, 0.1) is 23.3 Å². The van der Waals surface area contributed by atoms with Crippen LogP contribution in [0.5, 0.6) is 0 Å². The predicted molar refractivity (Wildman–Crippen MR) is 162 cm³/mol. The summed E-state index contributed by atoms with van der Waals surface area (Å²) < 4.78 is 0. The van der Waals surface area contributed by atoms with Crippen molar-refractivity contribution < 1.29 is 2.85 Å². The van der Waals surface area contributed by atoms with Gasteiger partial charge in [-0.15, -0.1) is 0 Å². The maximum Gasteiger partial charge on any atom is 4.00 e. The molecular weight excluding hydrogens is 615 g/mol. The van der Waals surface area contributed by atoms with Crippen molar-refractivity contribution in [2.24, 2.45) is 0 Å². The van der Waals surface area contributed by atoms with Crippen LogP contribution in [-0.2, 0) is 0 Å². The van der Waals surface area contributed by atoms with Crippen LogP contribution >= 0.6 is 0 Å². The number of aromatic nitrogens is 8. The molecule has 190 valence electrons. The monoisotopic (exact) mass is 634 g/mol. The van der Waals surface area contributed by atoms with Crippen molar-refractivity contribution >= 4 is 68.0 Å². The summed E-state index contributed by atoms with van der Waals surface area (Å²) >= 11 is 0. The van der Waals surface area contributed by atoms with E-state index >= 15 is 0 Å². The second-order valence-corrected chi connectivity index (χ2v) is 9.67. The fourth-order valence-corrected chi connectivity index (χ4v) is 5.46. The van der Waals surface area contributed by atoms with Gasteiger partial charge in [-0.3, -0.25) is 0 Å². The van der Waals surface area contributed by atoms with E-state index in [4.69, 9.17) is 39.9 Å². The number of fused-ring (bicyclic) bond motifs is 20. The molecule has 0 unspecified atom stereocenters. The van der Waals surface area contributed by atoms with Crippen molar-refractivity contribution in [1.29, 1.82) is 0 Å². The molecule has 0 radical (unpaired) electrons. The standard InChI is InChI=1S/C32H16N8.Sn.2H/c1-2-10-18-17(9-1)25-33-26(18)38-28-21-13-5-6-14-22(21)30(35-28)40-32-24-16-8-7-15-23(24)31(36-32)39-29-20-12-4-3-11-19(20)27(34-29)37-25;;;/h1-16H;;;/q-2;+4;2*-1. The molecule has 0 saturated carbocycles. The molecule has 0 spiro atoms. The summed E-state index contributed by atoms with van der Waals surface area (Å²) in [5.74, 6) is 2.21. The van der Waals surface area contributed by atoms with Crippen LogP contribution in [0.15, 0.2) is 97.1 Å². The molecular formula is C32H18N8Sn. The van der Waals surface area contributed by atoms with E-state index < -0.39 is 0 Å². The van der Waals surface area contributed by atoms with Gasteiger partial charge in [-0.1, -0.05) is 97.1 Å². The van der Waals surface area contributed by atoms with E-state index in [0.717, 1.165) is 43.8 Å². The van der Waals surface area contributed by atoms with Gasteiger partial charge in [0.1, 0.15) is 0 Å². The van der Waals surface area contributed by atoms with Gasteiger partial charge in [0.25, 0.3) is 0 Å². The summed E-state index contributed by atoms with van der Waals surface area (Å²) in [5.41, 5.74) is 5.78. The van der Waals surface area contributed by atoms with Gasteiger partial charge in [-0.25, -0.2) is 9.97 Å². The first-order chi connectivity index (χ1) is 19.8. The minimum Gasteiger partial charge on any atom is -1.00 e. The number of nitrogens with zero attached hydrogens (tertiary/aromatic N) is 8. The van der Waals surface area contributed by atoms with Crippen LogP contribution in [-0.4, -0.2) is 53.8 Å². The van der Waals surface area contributed by atoms with E-state index in [9.17, 15) is 0 Å². The van der Waals surface area contributed by atoms with Crippen molar-refractivity contribution in [2.45, 2.75) is 0 Å². The Balaban J connectivity index is 0.00000110. The van der Waals surface area contributed by atoms with E-state index in [1.165, 1.54) is 0 Å². The third kappa shape index (κ3) is 3.60. The zero-order valence-electron chi connectivity index (χ0n) is 23.3. The SMILES string of the molecule is [H-].[H-].[Sn+4].c1ccc2c(c1)-c1nc-2nc2[n-]c(nc3nc(nc4[n-]c(n1)c1ccccc41)-c1ccccc1-3)c1ccccc21. The van der Waals surface area contributed by atoms with Crippen LogP contribution < -0.4 is 9.97 Å². The molecule has 0 amide bonds. The summed E-state index contributed by atoms with van der Waals surface area (Å²) in [5, 5.41) is 3.57. The molecule has 0 fully saturated rings. The quantitative estimate of drug-likeness (QED) is 0.188. The van der Waals surface area contributed by atoms with Gasteiger partial charge >= 0.3 is 23.9 Å². The number of rotatable bonds is 0. The van der Waals surface area contributed by atoms with Gasteiger partial charge in [0, 0.05) is 44.8 Å². The van der Waals surface area contributed by atoms with Crippen molar-refractivity contribution in [2.75, 3.05) is 0 Å². The largest absolute Gasteiger partial charge is 4.00 e. The average molecular weight is 633 g/mol. The number of hydrogen-bond acceptors (Lipinski definition) is 6. The first-order valence-electron chi connectivity index (χ1n) is 12.9. The molecule has 9 rings (SSSR count). The Labute approximate surface area is 252 Å². The second-order valence-electron chi connectivity index (χ2n) is 9.67. The second kappa shape index (κ2) is 9.03. The van der Waals surface area contributed by atoms with Gasteiger partial charge in [0.15, 0.2) is 0 Å². The molecule has 0 saturated heterocycles. The average Bonchev–Trinajstić information content (AvgIpc) is 3.73. The maximum absolute atomic E-state index is 4.95. The molecule has 3 aromatic heterocycles.